The lowest BCUT2D eigenvalue weighted by atomic mass is 10.3. The van der Waals surface area contributed by atoms with Crippen LogP contribution in [0.4, 0.5) is 4.39 Å². The molecule has 1 aromatic rings. The lowest BCUT2D eigenvalue weighted by molar-refractivity contribution is -0.138. The van der Waals surface area contributed by atoms with Gasteiger partial charge in [0.15, 0.2) is 0 Å². The molecule has 0 saturated heterocycles. The van der Waals surface area contributed by atoms with Crippen LogP contribution in [-0.2, 0) is 19.6 Å². The van der Waals surface area contributed by atoms with E-state index in [-0.39, 0.29) is 36.7 Å². The second-order valence-corrected chi connectivity index (χ2v) is 6.68. The molecule has 0 bridgehead atoms. The molecular weight excluding hydrogens is 327 g/mol. The van der Waals surface area contributed by atoms with E-state index in [1.54, 1.807) is 0 Å². The van der Waals surface area contributed by atoms with E-state index < -0.39 is 21.8 Å². The summed E-state index contributed by atoms with van der Waals surface area (Å²) in [5.41, 5.74) is 0. The van der Waals surface area contributed by atoms with Crippen LogP contribution in [0, 0.1) is 5.82 Å². The van der Waals surface area contributed by atoms with Crippen molar-refractivity contribution in [2.75, 3.05) is 20.1 Å². The van der Waals surface area contributed by atoms with E-state index in [9.17, 15) is 22.4 Å². The maximum atomic E-state index is 12.8. The summed E-state index contributed by atoms with van der Waals surface area (Å²) in [5, 5.41) is 8.52. The molecule has 1 amide bonds. The molecule has 0 radical (unpaired) electrons. The Bertz CT molecular complexity index is 646. The minimum atomic E-state index is -3.79. The molecule has 0 saturated carbocycles. The molecule has 0 heterocycles. The Kier molecular flexibility index (Phi) is 7.11. The van der Waals surface area contributed by atoms with E-state index in [1.165, 1.54) is 11.9 Å². The van der Waals surface area contributed by atoms with E-state index in [4.69, 9.17) is 5.11 Å². The second-order valence-electron chi connectivity index (χ2n) is 4.91. The average Bonchev–Trinajstić information content (AvgIpc) is 2.46. The number of rotatable bonds is 9. The van der Waals surface area contributed by atoms with E-state index in [0.29, 0.717) is 6.42 Å². The third-order valence-electron chi connectivity index (χ3n) is 3.06. The van der Waals surface area contributed by atoms with Gasteiger partial charge in [0.05, 0.1) is 4.90 Å². The summed E-state index contributed by atoms with van der Waals surface area (Å²) >= 11 is 0. The minimum absolute atomic E-state index is 0.0329. The minimum Gasteiger partial charge on any atom is -0.481 e. The lowest BCUT2D eigenvalue weighted by Crippen LogP contribution is -2.32. The van der Waals surface area contributed by atoms with Gasteiger partial charge in [-0.25, -0.2) is 17.5 Å². The van der Waals surface area contributed by atoms with Crippen molar-refractivity contribution in [3.8, 4) is 0 Å². The topological polar surface area (TPSA) is 104 Å². The van der Waals surface area contributed by atoms with Crippen LogP contribution >= 0.6 is 0 Å². The normalized spacial score (nSPS) is 11.2. The Balaban J connectivity index is 2.41. The summed E-state index contributed by atoms with van der Waals surface area (Å²) in [5.74, 6) is -1.77. The van der Waals surface area contributed by atoms with Crippen molar-refractivity contribution in [1.82, 2.24) is 9.62 Å². The highest BCUT2D eigenvalue weighted by Gasteiger charge is 2.15. The molecule has 0 fully saturated rings. The number of carboxylic acid groups (broad SMARTS) is 1. The maximum Gasteiger partial charge on any atom is 0.303 e. The zero-order valence-corrected chi connectivity index (χ0v) is 13.5. The zero-order chi connectivity index (χ0) is 17.5. The van der Waals surface area contributed by atoms with Crippen LogP contribution in [0.15, 0.2) is 29.2 Å². The molecule has 1 aromatic carbocycles. The number of benzene rings is 1. The number of aliphatic carboxylic acids is 1. The first kappa shape index (κ1) is 19.0. The van der Waals surface area contributed by atoms with Crippen molar-refractivity contribution < 1.29 is 27.5 Å². The fourth-order valence-electron chi connectivity index (χ4n) is 1.77. The van der Waals surface area contributed by atoms with Crippen LogP contribution in [0.1, 0.15) is 19.3 Å². The molecule has 23 heavy (non-hydrogen) atoms. The average molecular weight is 346 g/mol. The number of halogens is 1. The number of carbonyl (C=O) groups is 2. The summed E-state index contributed by atoms with van der Waals surface area (Å²) in [4.78, 5) is 23.4. The quantitative estimate of drug-likeness (QED) is 0.689. The third kappa shape index (κ3) is 6.74. The fourth-order valence-corrected chi connectivity index (χ4v) is 2.80. The highest BCUT2D eigenvalue weighted by molar-refractivity contribution is 7.89. The van der Waals surface area contributed by atoms with Gasteiger partial charge in [0.25, 0.3) is 0 Å². The van der Waals surface area contributed by atoms with Crippen molar-refractivity contribution >= 4 is 21.9 Å². The highest BCUT2D eigenvalue weighted by atomic mass is 32.2. The Hall–Kier alpha value is -2.00. The summed E-state index contributed by atoms with van der Waals surface area (Å²) in [6, 6.07) is 4.35. The first-order valence-corrected chi connectivity index (χ1v) is 8.41. The largest absolute Gasteiger partial charge is 0.481 e. The van der Waals surface area contributed by atoms with Crippen LogP contribution < -0.4 is 4.72 Å². The summed E-state index contributed by atoms with van der Waals surface area (Å²) in [6.45, 7) is 0.192. The maximum absolute atomic E-state index is 12.8. The van der Waals surface area contributed by atoms with Crippen molar-refractivity contribution in [3.63, 3.8) is 0 Å². The van der Waals surface area contributed by atoms with Crippen molar-refractivity contribution in [1.29, 1.82) is 0 Å². The number of amides is 1. The Morgan fingerprint density at radius 1 is 1.22 bits per heavy atom. The molecule has 0 aromatic heterocycles. The SMILES string of the molecule is CN(CCCC(=O)O)C(=O)CCNS(=O)(=O)c1ccc(F)cc1. The number of carbonyl (C=O) groups excluding carboxylic acids is 1. The van der Waals surface area contributed by atoms with Gasteiger partial charge < -0.3 is 10.0 Å². The van der Waals surface area contributed by atoms with Crippen LogP contribution in [-0.4, -0.2) is 50.4 Å². The monoisotopic (exact) mass is 346 g/mol. The van der Waals surface area contributed by atoms with Crippen LogP contribution in [0.25, 0.3) is 0 Å². The number of hydrogen-bond acceptors (Lipinski definition) is 4. The molecule has 1 rings (SSSR count). The molecule has 128 valence electrons. The molecule has 0 aliphatic rings. The second kappa shape index (κ2) is 8.59. The Labute approximate surface area is 134 Å². The van der Waals surface area contributed by atoms with Gasteiger partial charge in [0, 0.05) is 33.0 Å². The third-order valence-corrected chi connectivity index (χ3v) is 4.54. The summed E-state index contributed by atoms with van der Waals surface area (Å²) in [6.07, 6.45) is 0.248. The lowest BCUT2D eigenvalue weighted by Gasteiger charge is -2.16. The predicted octanol–water partition coefficient (Wildman–Crippen LogP) is 0.817. The van der Waals surface area contributed by atoms with Gasteiger partial charge in [-0.1, -0.05) is 0 Å². The van der Waals surface area contributed by atoms with Gasteiger partial charge in [-0.05, 0) is 30.7 Å². The first-order chi connectivity index (χ1) is 10.7. The molecule has 0 atom stereocenters. The number of carboxylic acids is 1. The Morgan fingerprint density at radius 2 is 1.83 bits per heavy atom. The van der Waals surface area contributed by atoms with E-state index in [0.717, 1.165) is 24.3 Å². The molecule has 0 aliphatic heterocycles. The summed E-state index contributed by atoms with van der Waals surface area (Å²) in [7, 11) is -2.27. The van der Waals surface area contributed by atoms with Gasteiger partial charge >= 0.3 is 5.97 Å². The molecular formula is C14H19FN2O5S. The zero-order valence-electron chi connectivity index (χ0n) is 12.7. The van der Waals surface area contributed by atoms with Gasteiger partial charge in [-0.15, -0.1) is 0 Å². The van der Waals surface area contributed by atoms with Gasteiger partial charge in [-0.3, -0.25) is 9.59 Å². The van der Waals surface area contributed by atoms with Gasteiger partial charge in [0.1, 0.15) is 5.82 Å². The predicted molar refractivity (Wildman–Crippen MR) is 80.7 cm³/mol. The van der Waals surface area contributed by atoms with Crippen LogP contribution in [0.2, 0.25) is 0 Å². The Morgan fingerprint density at radius 3 is 2.39 bits per heavy atom. The number of nitrogens with one attached hydrogen (secondary N) is 1. The van der Waals surface area contributed by atoms with Crippen molar-refractivity contribution in [2.45, 2.75) is 24.2 Å². The summed E-state index contributed by atoms with van der Waals surface area (Å²) < 4.78 is 38.9. The van der Waals surface area contributed by atoms with Crippen LogP contribution in [0.5, 0.6) is 0 Å². The van der Waals surface area contributed by atoms with E-state index in [1.807, 2.05) is 0 Å². The molecule has 9 heteroatoms. The number of nitrogens with zero attached hydrogens (tertiary/aromatic N) is 1. The van der Waals surface area contributed by atoms with Crippen molar-refractivity contribution in [2.24, 2.45) is 0 Å². The standard InChI is InChI=1S/C14H19FN2O5S/c1-17(10-2-3-14(19)20)13(18)8-9-16-23(21,22)12-6-4-11(15)5-7-12/h4-7,16H,2-3,8-10H2,1H3,(H,19,20). The number of hydrogen-bond donors (Lipinski definition) is 2. The molecule has 0 aliphatic carbocycles. The van der Waals surface area contributed by atoms with Gasteiger partial charge in [-0.2, -0.15) is 0 Å². The molecule has 0 spiro atoms. The fraction of sp³-hybridized carbons (Fsp3) is 0.429. The van der Waals surface area contributed by atoms with Crippen LogP contribution in [0.3, 0.4) is 0 Å². The van der Waals surface area contributed by atoms with Gasteiger partial charge in [0.2, 0.25) is 15.9 Å². The molecule has 0 unspecified atom stereocenters. The highest BCUT2D eigenvalue weighted by Crippen LogP contribution is 2.09. The number of sulfonamides is 1. The van der Waals surface area contributed by atoms with Crippen molar-refractivity contribution in [3.05, 3.63) is 30.1 Å². The molecule has 2 N–H and O–H groups in total. The smallest absolute Gasteiger partial charge is 0.303 e. The molecule has 7 nitrogen and oxygen atoms in total. The van der Waals surface area contributed by atoms with E-state index >= 15 is 0 Å². The first-order valence-electron chi connectivity index (χ1n) is 6.93. The van der Waals surface area contributed by atoms with E-state index in [2.05, 4.69) is 4.72 Å².